The lowest BCUT2D eigenvalue weighted by Crippen LogP contribution is -2.28. The van der Waals surface area contributed by atoms with Crippen molar-refractivity contribution in [2.45, 2.75) is 27.3 Å². The Bertz CT molecular complexity index is 374. The number of benzene rings is 1. The van der Waals surface area contributed by atoms with Gasteiger partial charge >= 0.3 is 6.09 Å². The quantitative estimate of drug-likeness (QED) is 0.802. The Labute approximate surface area is 103 Å². The van der Waals surface area contributed by atoms with Gasteiger partial charge in [0.25, 0.3) is 0 Å². The number of aryl methyl sites for hydroxylation is 1. The van der Waals surface area contributed by atoms with Gasteiger partial charge in [0.05, 0.1) is 6.61 Å². The average Bonchev–Trinajstić information content (AvgIpc) is 2.28. The Kier molecular flexibility index (Phi) is 5.01. The van der Waals surface area contributed by atoms with E-state index in [0.717, 1.165) is 5.56 Å². The van der Waals surface area contributed by atoms with E-state index in [2.05, 4.69) is 0 Å². The van der Waals surface area contributed by atoms with Crippen molar-refractivity contribution < 1.29 is 9.53 Å². The van der Waals surface area contributed by atoms with Gasteiger partial charge in [0.1, 0.15) is 0 Å². The van der Waals surface area contributed by atoms with Gasteiger partial charge in [-0.1, -0.05) is 38.1 Å². The Morgan fingerprint density at radius 2 is 2.00 bits per heavy atom. The van der Waals surface area contributed by atoms with Crippen LogP contribution in [0.3, 0.4) is 0 Å². The first-order chi connectivity index (χ1) is 8.00. The van der Waals surface area contributed by atoms with E-state index in [1.54, 1.807) is 11.9 Å². The second-order valence-corrected chi connectivity index (χ2v) is 4.75. The Morgan fingerprint density at radius 1 is 1.35 bits per heavy atom. The highest BCUT2D eigenvalue weighted by Gasteiger charge is 2.11. The monoisotopic (exact) mass is 235 g/mol. The zero-order valence-electron chi connectivity index (χ0n) is 11.1. The van der Waals surface area contributed by atoms with E-state index in [9.17, 15) is 4.79 Å². The summed E-state index contributed by atoms with van der Waals surface area (Å²) in [6, 6.07) is 8.05. The summed E-state index contributed by atoms with van der Waals surface area (Å²) >= 11 is 0. The molecule has 0 aromatic heterocycles. The summed E-state index contributed by atoms with van der Waals surface area (Å²) in [5, 5.41) is 0. The van der Waals surface area contributed by atoms with Gasteiger partial charge in [0.15, 0.2) is 0 Å². The number of carbonyl (C=O) groups excluding carboxylic acids is 1. The van der Waals surface area contributed by atoms with Crippen LogP contribution < -0.4 is 0 Å². The zero-order chi connectivity index (χ0) is 12.8. The molecule has 0 bridgehead atoms. The van der Waals surface area contributed by atoms with Gasteiger partial charge in [-0.25, -0.2) is 4.79 Å². The number of hydrogen-bond acceptors (Lipinski definition) is 2. The number of rotatable bonds is 4. The van der Waals surface area contributed by atoms with Crippen molar-refractivity contribution >= 4 is 6.09 Å². The molecule has 0 aliphatic carbocycles. The molecule has 17 heavy (non-hydrogen) atoms. The Balaban J connectivity index is 2.51. The van der Waals surface area contributed by atoms with E-state index in [1.807, 2.05) is 45.0 Å². The minimum Gasteiger partial charge on any atom is -0.449 e. The van der Waals surface area contributed by atoms with Crippen molar-refractivity contribution in [3.63, 3.8) is 0 Å². The van der Waals surface area contributed by atoms with E-state index < -0.39 is 0 Å². The molecule has 1 aromatic carbocycles. The van der Waals surface area contributed by atoms with Crippen molar-refractivity contribution in [3.05, 3.63) is 35.4 Å². The zero-order valence-corrected chi connectivity index (χ0v) is 11.1. The number of nitrogens with zero attached hydrogens (tertiary/aromatic N) is 1. The first-order valence-corrected chi connectivity index (χ1v) is 5.93. The maximum absolute atomic E-state index is 11.7. The molecular weight excluding hydrogens is 214 g/mol. The number of hydrogen-bond donors (Lipinski definition) is 0. The molecule has 0 fully saturated rings. The summed E-state index contributed by atoms with van der Waals surface area (Å²) in [6.45, 7) is 7.15. The Hall–Kier alpha value is -1.51. The molecule has 3 heteroatoms. The molecule has 0 radical (unpaired) electrons. The molecule has 0 aliphatic heterocycles. The fourth-order valence-corrected chi connectivity index (χ4v) is 1.46. The summed E-state index contributed by atoms with van der Waals surface area (Å²) in [7, 11) is 1.76. The fraction of sp³-hybridized carbons (Fsp3) is 0.500. The third-order valence-corrected chi connectivity index (χ3v) is 2.52. The molecule has 0 saturated carbocycles. The normalized spacial score (nSPS) is 10.4. The van der Waals surface area contributed by atoms with Crippen LogP contribution in [0.25, 0.3) is 0 Å². The number of ether oxygens (including phenoxy) is 1. The largest absolute Gasteiger partial charge is 0.449 e. The van der Waals surface area contributed by atoms with E-state index in [4.69, 9.17) is 4.74 Å². The minimum absolute atomic E-state index is 0.262. The third-order valence-electron chi connectivity index (χ3n) is 2.52. The molecule has 0 N–H and O–H groups in total. The van der Waals surface area contributed by atoms with Crippen LogP contribution in [0.1, 0.15) is 25.0 Å². The topological polar surface area (TPSA) is 29.5 Å². The van der Waals surface area contributed by atoms with E-state index in [0.29, 0.717) is 19.1 Å². The number of carbonyl (C=O) groups is 1. The van der Waals surface area contributed by atoms with Crippen molar-refractivity contribution in [3.8, 4) is 0 Å². The smallest absolute Gasteiger partial charge is 0.409 e. The molecule has 0 saturated heterocycles. The second-order valence-electron chi connectivity index (χ2n) is 4.75. The lowest BCUT2D eigenvalue weighted by Gasteiger charge is -2.18. The van der Waals surface area contributed by atoms with Crippen LogP contribution in [-0.4, -0.2) is 24.6 Å². The van der Waals surface area contributed by atoms with Crippen LogP contribution >= 0.6 is 0 Å². The summed E-state index contributed by atoms with van der Waals surface area (Å²) < 4.78 is 5.16. The lowest BCUT2D eigenvalue weighted by atomic mass is 10.1. The van der Waals surface area contributed by atoms with Gasteiger partial charge in [0, 0.05) is 13.6 Å². The van der Waals surface area contributed by atoms with Crippen LogP contribution in [0.4, 0.5) is 4.79 Å². The van der Waals surface area contributed by atoms with Crippen LogP contribution in [0.5, 0.6) is 0 Å². The predicted molar refractivity (Wildman–Crippen MR) is 68.8 cm³/mol. The van der Waals surface area contributed by atoms with Crippen LogP contribution in [0, 0.1) is 12.8 Å². The average molecular weight is 235 g/mol. The fourth-order valence-electron chi connectivity index (χ4n) is 1.46. The van der Waals surface area contributed by atoms with Gasteiger partial charge < -0.3 is 9.64 Å². The molecule has 0 aliphatic rings. The van der Waals surface area contributed by atoms with Crippen molar-refractivity contribution in [2.75, 3.05) is 13.7 Å². The molecule has 3 nitrogen and oxygen atoms in total. The summed E-state index contributed by atoms with van der Waals surface area (Å²) in [5.74, 6) is 0.366. The van der Waals surface area contributed by atoms with Gasteiger partial charge in [-0.3, -0.25) is 0 Å². The third kappa shape index (κ3) is 4.47. The minimum atomic E-state index is -0.262. The second kappa shape index (κ2) is 6.28. The van der Waals surface area contributed by atoms with Crippen molar-refractivity contribution in [1.29, 1.82) is 0 Å². The molecular formula is C14H21NO2. The van der Waals surface area contributed by atoms with E-state index in [-0.39, 0.29) is 6.09 Å². The molecule has 94 valence electrons. The molecule has 0 atom stereocenters. The van der Waals surface area contributed by atoms with Crippen molar-refractivity contribution in [2.24, 2.45) is 5.92 Å². The van der Waals surface area contributed by atoms with Crippen LogP contribution in [0.2, 0.25) is 0 Å². The molecule has 0 spiro atoms. The lowest BCUT2D eigenvalue weighted by molar-refractivity contribution is 0.0980. The van der Waals surface area contributed by atoms with Crippen LogP contribution in [0.15, 0.2) is 24.3 Å². The Morgan fingerprint density at radius 3 is 2.59 bits per heavy atom. The highest BCUT2D eigenvalue weighted by atomic mass is 16.6. The van der Waals surface area contributed by atoms with Crippen molar-refractivity contribution in [1.82, 2.24) is 4.90 Å². The molecule has 1 rings (SSSR count). The van der Waals surface area contributed by atoms with Gasteiger partial charge in [-0.05, 0) is 24.0 Å². The maximum Gasteiger partial charge on any atom is 0.409 e. The highest BCUT2D eigenvalue weighted by molar-refractivity contribution is 5.67. The standard InChI is InChI=1S/C14H21NO2/c1-11(2)10-17-14(16)15(4)9-13-8-6-5-7-12(13)3/h5-8,11H,9-10H2,1-4H3. The molecule has 0 unspecified atom stereocenters. The summed E-state index contributed by atoms with van der Waals surface area (Å²) in [4.78, 5) is 13.3. The molecule has 1 aromatic rings. The first kappa shape index (κ1) is 13.6. The molecule has 0 heterocycles. The van der Waals surface area contributed by atoms with E-state index >= 15 is 0 Å². The first-order valence-electron chi connectivity index (χ1n) is 5.93. The van der Waals surface area contributed by atoms with E-state index in [1.165, 1.54) is 5.56 Å². The van der Waals surface area contributed by atoms with Gasteiger partial charge in [-0.2, -0.15) is 0 Å². The van der Waals surface area contributed by atoms with Crippen LogP contribution in [-0.2, 0) is 11.3 Å². The van der Waals surface area contributed by atoms with Gasteiger partial charge in [-0.15, -0.1) is 0 Å². The predicted octanol–water partition coefficient (Wildman–Crippen LogP) is 3.22. The number of amides is 1. The highest BCUT2D eigenvalue weighted by Crippen LogP contribution is 2.10. The summed E-state index contributed by atoms with van der Waals surface area (Å²) in [6.07, 6.45) is -0.262. The summed E-state index contributed by atoms with van der Waals surface area (Å²) in [5.41, 5.74) is 2.34. The SMILES string of the molecule is Cc1ccccc1CN(C)C(=O)OCC(C)C. The molecule has 1 amide bonds. The maximum atomic E-state index is 11.7. The van der Waals surface area contributed by atoms with Gasteiger partial charge in [0.2, 0.25) is 0 Å².